The van der Waals surface area contributed by atoms with Crippen LogP contribution < -0.4 is 5.73 Å². The van der Waals surface area contributed by atoms with E-state index in [0.29, 0.717) is 15.9 Å². The predicted octanol–water partition coefficient (Wildman–Crippen LogP) is 2.36. The highest BCUT2D eigenvalue weighted by molar-refractivity contribution is 7.17. The van der Waals surface area contributed by atoms with Crippen LogP contribution in [0.15, 0.2) is 36.5 Å². The van der Waals surface area contributed by atoms with Crippen LogP contribution in [-0.4, -0.2) is 28.9 Å². The van der Waals surface area contributed by atoms with Gasteiger partial charge >= 0.3 is 0 Å². The average Bonchev–Trinajstić information content (AvgIpc) is 3.08. The number of thiazole rings is 1. The summed E-state index contributed by atoms with van der Waals surface area (Å²) in [5.41, 5.74) is 6.88. The summed E-state index contributed by atoms with van der Waals surface area (Å²) in [5.74, 6) is 0.489. The van der Waals surface area contributed by atoms with Crippen LogP contribution in [0.2, 0.25) is 0 Å². The number of nitrogens with two attached hydrogens (primary N) is 1. The lowest BCUT2D eigenvalue weighted by molar-refractivity contribution is 0.0795. The molecular weight excluding hydrogens is 258 g/mol. The molecule has 1 unspecified atom stereocenters. The van der Waals surface area contributed by atoms with E-state index < -0.39 is 0 Å². The zero-order valence-electron chi connectivity index (χ0n) is 10.5. The number of aromatic nitrogens is 1. The molecule has 0 aliphatic carbocycles. The van der Waals surface area contributed by atoms with Crippen molar-refractivity contribution in [2.75, 3.05) is 18.8 Å². The fourth-order valence-corrected chi connectivity index (χ4v) is 3.14. The van der Waals surface area contributed by atoms with E-state index in [0.717, 1.165) is 19.5 Å². The molecule has 1 amide bonds. The Hall–Kier alpha value is -1.88. The van der Waals surface area contributed by atoms with Crippen LogP contribution in [0.3, 0.4) is 0 Å². The molecule has 1 aliphatic heterocycles. The van der Waals surface area contributed by atoms with Crippen LogP contribution in [-0.2, 0) is 0 Å². The van der Waals surface area contributed by atoms with Gasteiger partial charge in [-0.05, 0) is 12.0 Å². The Balaban J connectivity index is 1.71. The molecule has 19 heavy (non-hydrogen) atoms. The van der Waals surface area contributed by atoms with Crippen molar-refractivity contribution in [1.29, 1.82) is 0 Å². The quantitative estimate of drug-likeness (QED) is 0.913. The number of nitrogen functional groups attached to an aromatic ring is 1. The molecule has 2 aromatic rings. The molecule has 1 atom stereocenters. The van der Waals surface area contributed by atoms with Gasteiger partial charge in [0.2, 0.25) is 0 Å². The molecule has 2 N–H and O–H groups in total. The number of carbonyl (C=O) groups excluding carboxylic acids is 1. The molecule has 3 rings (SSSR count). The Morgan fingerprint density at radius 1 is 1.37 bits per heavy atom. The number of hydrogen-bond acceptors (Lipinski definition) is 4. The summed E-state index contributed by atoms with van der Waals surface area (Å²) in [6, 6.07) is 10.4. The average molecular weight is 273 g/mol. The van der Waals surface area contributed by atoms with Crippen LogP contribution in [0, 0.1) is 0 Å². The van der Waals surface area contributed by atoms with Crippen LogP contribution in [0.1, 0.15) is 27.6 Å². The molecule has 0 spiro atoms. The van der Waals surface area contributed by atoms with E-state index >= 15 is 0 Å². The van der Waals surface area contributed by atoms with Gasteiger partial charge in [-0.1, -0.05) is 41.7 Å². The Labute approximate surface area is 115 Å². The smallest absolute Gasteiger partial charge is 0.265 e. The van der Waals surface area contributed by atoms with Crippen molar-refractivity contribution in [1.82, 2.24) is 9.88 Å². The molecule has 0 radical (unpaired) electrons. The van der Waals surface area contributed by atoms with Gasteiger partial charge in [0.25, 0.3) is 5.91 Å². The Bertz CT molecular complexity index is 581. The van der Waals surface area contributed by atoms with Gasteiger partial charge in [0.15, 0.2) is 5.13 Å². The standard InChI is InChI=1S/C14H15N3OS/c15-14-16-8-12(19-14)13(18)17-7-6-11(9-17)10-4-2-1-3-5-10/h1-5,8,11H,6-7,9H2,(H2,15,16). The van der Waals surface area contributed by atoms with E-state index in [1.54, 1.807) is 6.20 Å². The van der Waals surface area contributed by atoms with Crippen LogP contribution >= 0.6 is 11.3 Å². The van der Waals surface area contributed by atoms with Gasteiger partial charge in [-0.3, -0.25) is 4.79 Å². The van der Waals surface area contributed by atoms with E-state index in [1.165, 1.54) is 16.9 Å². The summed E-state index contributed by atoms with van der Waals surface area (Å²) in [6.45, 7) is 1.58. The molecular formula is C14H15N3OS. The largest absolute Gasteiger partial charge is 0.375 e. The molecule has 98 valence electrons. The maximum Gasteiger partial charge on any atom is 0.265 e. The molecule has 0 bridgehead atoms. The van der Waals surface area contributed by atoms with E-state index in [-0.39, 0.29) is 5.91 Å². The third kappa shape index (κ3) is 2.46. The third-order valence-corrected chi connectivity index (χ3v) is 4.30. The maximum absolute atomic E-state index is 12.3. The zero-order valence-corrected chi connectivity index (χ0v) is 11.3. The summed E-state index contributed by atoms with van der Waals surface area (Å²) in [5, 5.41) is 0.446. The van der Waals surface area contributed by atoms with E-state index in [9.17, 15) is 4.79 Å². The van der Waals surface area contributed by atoms with Gasteiger partial charge in [-0.2, -0.15) is 0 Å². The van der Waals surface area contributed by atoms with Gasteiger partial charge in [0.05, 0.1) is 6.20 Å². The maximum atomic E-state index is 12.3. The lowest BCUT2D eigenvalue weighted by Crippen LogP contribution is -2.27. The predicted molar refractivity (Wildman–Crippen MR) is 76.2 cm³/mol. The number of amides is 1. The van der Waals surface area contributed by atoms with Crippen LogP contribution in [0.4, 0.5) is 5.13 Å². The van der Waals surface area contributed by atoms with Gasteiger partial charge in [0.1, 0.15) is 4.88 Å². The van der Waals surface area contributed by atoms with E-state index in [1.807, 2.05) is 23.1 Å². The number of nitrogens with zero attached hydrogens (tertiary/aromatic N) is 2. The van der Waals surface area contributed by atoms with Crippen molar-refractivity contribution in [2.45, 2.75) is 12.3 Å². The van der Waals surface area contributed by atoms with Crippen LogP contribution in [0.25, 0.3) is 0 Å². The Morgan fingerprint density at radius 2 is 2.16 bits per heavy atom. The fraction of sp³-hybridized carbons (Fsp3) is 0.286. The molecule has 2 heterocycles. The fourth-order valence-electron chi connectivity index (χ4n) is 2.48. The van der Waals surface area contributed by atoms with Crippen molar-refractivity contribution in [3.05, 3.63) is 47.0 Å². The Morgan fingerprint density at radius 3 is 2.84 bits per heavy atom. The van der Waals surface area contributed by atoms with Crippen molar-refractivity contribution in [3.63, 3.8) is 0 Å². The summed E-state index contributed by atoms with van der Waals surface area (Å²) in [6.07, 6.45) is 2.59. The first-order valence-electron chi connectivity index (χ1n) is 6.29. The van der Waals surface area contributed by atoms with Crippen LogP contribution in [0.5, 0.6) is 0 Å². The molecule has 1 aliphatic rings. The first-order chi connectivity index (χ1) is 9.24. The first-order valence-corrected chi connectivity index (χ1v) is 7.11. The zero-order chi connectivity index (χ0) is 13.2. The van der Waals surface area contributed by atoms with Crippen molar-refractivity contribution in [2.24, 2.45) is 0 Å². The van der Waals surface area contributed by atoms with Crippen molar-refractivity contribution >= 4 is 22.4 Å². The SMILES string of the molecule is Nc1ncc(C(=O)N2CCC(c3ccccc3)C2)s1. The molecule has 1 saturated heterocycles. The molecule has 4 nitrogen and oxygen atoms in total. The first kappa shape index (κ1) is 12.2. The lowest BCUT2D eigenvalue weighted by atomic mass is 9.99. The monoisotopic (exact) mass is 273 g/mol. The third-order valence-electron chi connectivity index (χ3n) is 3.48. The summed E-state index contributed by atoms with van der Waals surface area (Å²) in [7, 11) is 0. The molecule has 1 aromatic heterocycles. The van der Waals surface area contributed by atoms with E-state index in [4.69, 9.17) is 5.73 Å². The molecule has 1 fully saturated rings. The highest BCUT2D eigenvalue weighted by atomic mass is 32.1. The summed E-state index contributed by atoms with van der Waals surface area (Å²) >= 11 is 1.26. The second-order valence-electron chi connectivity index (χ2n) is 4.71. The van der Waals surface area contributed by atoms with Gasteiger partial charge in [0, 0.05) is 19.0 Å². The molecule has 1 aromatic carbocycles. The highest BCUT2D eigenvalue weighted by Gasteiger charge is 2.28. The normalized spacial score (nSPS) is 18.7. The summed E-state index contributed by atoms with van der Waals surface area (Å²) in [4.78, 5) is 18.7. The topological polar surface area (TPSA) is 59.2 Å². The molecule has 5 heteroatoms. The van der Waals surface area contributed by atoms with Crippen molar-refractivity contribution < 1.29 is 4.79 Å². The number of anilines is 1. The minimum Gasteiger partial charge on any atom is -0.375 e. The lowest BCUT2D eigenvalue weighted by Gasteiger charge is -2.15. The molecule has 0 saturated carbocycles. The Kier molecular flexibility index (Phi) is 3.21. The number of rotatable bonds is 2. The number of hydrogen-bond donors (Lipinski definition) is 1. The second-order valence-corrected chi connectivity index (χ2v) is 5.77. The number of likely N-dealkylation sites (tertiary alicyclic amines) is 1. The minimum atomic E-state index is 0.0487. The number of benzene rings is 1. The minimum absolute atomic E-state index is 0.0487. The van der Waals surface area contributed by atoms with Gasteiger partial charge in [-0.15, -0.1) is 0 Å². The number of carbonyl (C=O) groups is 1. The van der Waals surface area contributed by atoms with Gasteiger partial charge in [-0.25, -0.2) is 4.98 Å². The van der Waals surface area contributed by atoms with Gasteiger partial charge < -0.3 is 10.6 Å². The van der Waals surface area contributed by atoms with Crippen molar-refractivity contribution in [3.8, 4) is 0 Å². The van der Waals surface area contributed by atoms with E-state index in [2.05, 4.69) is 17.1 Å². The second kappa shape index (κ2) is 5.01. The summed E-state index contributed by atoms with van der Waals surface area (Å²) < 4.78 is 0. The highest BCUT2D eigenvalue weighted by Crippen LogP contribution is 2.28.